The van der Waals surface area contributed by atoms with Gasteiger partial charge in [-0.05, 0) is 35.9 Å². The van der Waals surface area contributed by atoms with Crippen LogP contribution in [0.3, 0.4) is 0 Å². The van der Waals surface area contributed by atoms with Crippen molar-refractivity contribution in [2.75, 3.05) is 29.9 Å². The van der Waals surface area contributed by atoms with Crippen LogP contribution < -0.4 is 15.5 Å². The number of carbonyl (C=O) groups is 2. The van der Waals surface area contributed by atoms with E-state index in [4.69, 9.17) is 0 Å². The van der Waals surface area contributed by atoms with Crippen molar-refractivity contribution in [2.45, 2.75) is 38.3 Å². The van der Waals surface area contributed by atoms with Crippen molar-refractivity contribution in [1.82, 2.24) is 10.2 Å². The fourth-order valence-corrected chi connectivity index (χ4v) is 3.88. The fourth-order valence-electron chi connectivity index (χ4n) is 3.88. The molecule has 0 spiro atoms. The predicted octanol–water partition coefficient (Wildman–Crippen LogP) is 4.12. The van der Waals surface area contributed by atoms with Crippen LogP contribution in [0.4, 0.5) is 29.3 Å². The largest absolute Gasteiger partial charge is 0.381 e. The molecular formula is C23H25F3N4O2. The van der Waals surface area contributed by atoms with E-state index in [9.17, 15) is 22.8 Å². The molecule has 2 aromatic carbocycles. The summed E-state index contributed by atoms with van der Waals surface area (Å²) < 4.78 is 41.1. The van der Waals surface area contributed by atoms with Crippen molar-refractivity contribution in [3.05, 3.63) is 59.4 Å². The van der Waals surface area contributed by atoms with Gasteiger partial charge < -0.3 is 5.32 Å². The van der Waals surface area contributed by atoms with Gasteiger partial charge in [-0.15, -0.1) is 0 Å². The molecule has 0 atom stereocenters. The smallest absolute Gasteiger partial charge is 0.328 e. The van der Waals surface area contributed by atoms with Gasteiger partial charge in [0.15, 0.2) is 0 Å². The van der Waals surface area contributed by atoms with E-state index in [-0.39, 0.29) is 44.1 Å². The lowest BCUT2D eigenvalue weighted by Crippen LogP contribution is -2.49. The molecule has 0 unspecified atom stereocenters. The third-order valence-electron chi connectivity index (χ3n) is 5.83. The van der Waals surface area contributed by atoms with Gasteiger partial charge in [-0.25, -0.2) is 18.0 Å². The van der Waals surface area contributed by atoms with E-state index < -0.39 is 12.0 Å². The summed E-state index contributed by atoms with van der Waals surface area (Å²) in [6.07, 6.45) is -0.108. The van der Waals surface area contributed by atoms with Crippen LogP contribution in [-0.2, 0) is 17.9 Å². The number of nitrogens with one attached hydrogen (secondary N) is 2. The molecule has 2 N–H and O–H groups in total. The van der Waals surface area contributed by atoms with Crippen molar-refractivity contribution >= 4 is 23.3 Å². The van der Waals surface area contributed by atoms with Crippen molar-refractivity contribution < 1.29 is 22.8 Å². The Labute approximate surface area is 184 Å². The van der Waals surface area contributed by atoms with Crippen molar-refractivity contribution in [3.8, 4) is 0 Å². The van der Waals surface area contributed by atoms with E-state index in [2.05, 4.69) is 10.6 Å². The minimum atomic E-state index is -2.61. The fraction of sp³-hybridized carbons (Fsp3) is 0.391. The van der Waals surface area contributed by atoms with Gasteiger partial charge in [0.2, 0.25) is 5.91 Å². The molecule has 4 rings (SSSR count). The van der Waals surface area contributed by atoms with Crippen molar-refractivity contribution in [2.24, 2.45) is 0 Å². The highest BCUT2D eigenvalue weighted by Crippen LogP contribution is 2.28. The number of hydrogen-bond donors (Lipinski definition) is 2. The van der Waals surface area contributed by atoms with E-state index in [0.717, 1.165) is 11.3 Å². The molecule has 9 heteroatoms. The van der Waals surface area contributed by atoms with Crippen molar-refractivity contribution in [3.63, 3.8) is 0 Å². The maximum absolute atomic E-state index is 14.5. The van der Waals surface area contributed by atoms with Crippen LogP contribution in [0.15, 0.2) is 42.5 Å². The van der Waals surface area contributed by atoms with Gasteiger partial charge in [-0.1, -0.05) is 12.1 Å². The summed E-state index contributed by atoms with van der Waals surface area (Å²) in [5.41, 5.74) is 2.75. The Balaban J connectivity index is 1.30. The molecule has 0 aromatic heterocycles. The maximum Gasteiger partial charge on any atom is 0.328 e. The van der Waals surface area contributed by atoms with E-state index in [1.165, 1.54) is 11.0 Å². The third-order valence-corrected chi connectivity index (χ3v) is 5.83. The SMILES string of the molecule is O=C1CCN(c2ccc(NCc3ccc(CN4CCC(F)(F)CC4)c(F)c3)cc2)C(=O)N1. The second-order valence-electron chi connectivity index (χ2n) is 8.21. The third kappa shape index (κ3) is 5.40. The molecule has 0 saturated carbocycles. The van der Waals surface area contributed by atoms with Gasteiger partial charge in [-0.3, -0.25) is 19.9 Å². The number of carbonyl (C=O) groups excluding carboxylic acids is 2. The normalized spacial score (nSPS) is 19.0. The van der Waals surface area contributed by atoms with Gasteiger partial charge in [0.25, 0.3) is 5.92 Å². The number of amides is 3. The average molecular weight is 446 g/mol. The molecule has 2 aliphatic heterocycles. The van der Waals surface area contributed by atoms with Gasteiger partial charge >= 0.3 is 6.03 Å². The lowest BCUT2D eigenvalue weighted by atomic mass is 10.0. The Morgan fingerprint density at radius 1 is 1.00 bits per heavy atom. The molecule has 2 heterocycles. The lowest BCUT2D eigenvalue weighted by molar-refractivity contribution is -0.120. The monoisotopic (exact) mass is 446 g/mol. The Morgan fingerprint density at radius 2 is 1.72 bits per heavy atom. The molecule has 170 valence electrons. The molecule has 6 nitrogen and oxygen atoms in total. The molecule has 2 fully saturated rings. The topological polar surface area (TPSA) is 64.7 Å². The van der Waals surface area contributed by atoms with E-state index in [1.54, 1.807) is 18.2 Å². The Kier molecular flexibility index (Phi) is 6.36. The average Bonchev–Trinajstić information content (AvgIpc) is 2.76. The molecule has 2 aliphatic rings. The Hall–Kier alpha value is -3.07. The first kappa shape index (κ1) is 22.1. The van der Waals surface area contributed by atoms with Crippen LogP contribution in [0.25, 0.3) is 0 Å². The van der Waals surface area contributed by atoms with Crippen LogP contribution >= 0.6 is 0 Å². The zero-order valence-electron chi connectivity index (χ0n) is 17.5. The maximum atomic E-state index is 14.5. The minimum Gasteiger partial charge on any atom is -0.381 e. The number of urea groups is 1. The van der Waals surface area contributed by atoms with Crippen LogP contribution in [0.2, 0.25) is 0 Å². The molecule has 0 radical (unpaired) electrons. The highest BCUT2D eigenvalue weighted by Gasteiger charge is 2.34. The first-order valence-corrected chi connectivity index (χ1v) is 10.6. The summed E-state index contributed by atoms with van der Waals surface area (Å²) in [5, 5.41) is 5.50. The molecule has 0 bridgehead atoms. The lowest BCUT2D eigenvalue weighted by Gasteiger charge is -2.31. The zero-order chi connectivity index (χ0) is 22.7. The molecule has 0 aliphatic carbocycles. The Morgan fingerprint density at radius 3 is 2.38 bits per heavy atom. The summed E-state index contributed by atoms with van der Waals surface area (Å²) in [7, 11) is 0. The van der Waals surface area contributed by atoms with Gasteiger partial charge in [-0.2, -0.15) is 0 Å². The quantitative estimate of drug-likeness (QED) is 0.701. The summed E-state index contributed by atoms with van der Waals surface area (Å²) >= 11 is 0. The number of piperidine rings is 1. The van der Waals surface area contributed by atoms with Gasteiger partial charge in [0.1, 0.15) is 5.82 Å². The highest BCUT2D eigenvalue weighted by atomic mass is 19.3. The zero-order valence-corrected chi connectivity index (χ0v) is 17.5. The number of nitrogens with zero attached hydrogens (tertiary/aromatic N) is 2. The van der Waals surface area contributed by atoms with Crippen LogP contribution in [0, 0.1) is 5.82 Å². The molecular weight excluding hydrogens is 421 g/mol. The van der Waals surface area contributed by atoms with Crippen LogP contribution in [-0.4, -0.2) is 42.4 Å². The van der Waals surface area contributed by atoms with Gasteiger partial charge in [0, 0.05) is 68.9 Å². The molecule has 3 amide bonds. The van der Waals surface area contributed by atoms with Crippen molar-refractivity contribution in [1.29, 1.82) is 0 Å². The summed E-state index contributed by atoms with van der Waals surface area (Å²) in [5.74, 6) is -3.23. The first-order valence-electron chi connectivity index (χ1n) is 10.6. The minimum absolute atomic E-state index is 0.185. The number of benzene rings is 2. The number of likely N-dealkylation sites (tertiary alicyclic amines) is 1. The summed E-state index contributed by atoms with van der Waals surface area (Å²) in [4.78, 5) is 26.5. The molecule has 2 saturated heterocycles. The first-order chi connectivity index (χ1) is 15.3. The molecule has 2 aromatic rings. The highest BCUT2D eigenvalue weighted by molar-refractivity contribution is 6.05. The van der Waals surface area contributed by atoms with Crippen LogP contribution in [0.5, 0.6) is 0 Å². The number of anilines is 2. The van der Waals surface area contributed by atoms with E-state index in [0.29, 0.717) is 30.9 Å². The van der Waals surface area contributed by atoms with E-state index >= 15 is 0 Å². The predicted molar refractivity (Wildman–Crippen MR) is 115 cm³/mol. The van der Waals surface area contributed by atoms with E-state index in [1.807, 2.05) is 23.1 Å². The van der Waals surface area contributed by atoms with Crippen LogP contribution in [0.1, 0.15) is 30.4 Å². The second kappa shape index (κ2) is 9.20. The number of rotatable bonds is 6. The summed E-state index contributed by atoms with van der Waals surface area (Å²) in [6, 6.07) is 11.8. The molecule has 32 heavy (non-hydrogen) atoms. The second-order valence-corrected chi connectivity index (χ2v) is 8.21. The van der Waals surface area contributed by atoms with Gasteiger partial charge in [0.05, 0.1) is 0 Å². The number of alkyl halides is 2. The number of hydrogen-bond acceptors (Lipinski definition) is 4. The standard InChI is InChI=1S/C23H25F3N4O2/c24-20-13-16(1-2-17(20)15-29-11-8-23(25,26)9-12-29)14-27-18-3-5-19(6-4-18)30-10-7-21(31)28-22(30)32/h1-6,13,27H,7-12,14-15H2,(H,28,31,32). The number of imide groups is 1. The Bertz CT molecular complexity index is 987. The summed E-state index contributed by atoms with van der Waals surface area (Å²) in [6.45, 7) is 1.60. The number of halogens is 3.